The molecule has 1 amide bonds. The van der Waals surface area contributed by atoms with E-state index in [1.807, 2.05) is 55.5 Å². The fourth-order valence-corrected chi connectivity index (χ4v) is 5.60. The molecule has 8 nitrogen and oxygen atoms in total. The van der Waals surface area contributed by atoms with E-state index in [0.717, 1.165) is 12.0 Å². The molecule has 2 aromatic rings. The maximum atomic E-state index is 12.9. The lowest BCUT2D eigenvalue weighted by Crippen LogP contribution is -2.42. The Morgan fingerprint density at radius 2 is 1.76 bits per heavy atom. The van der Waals surface area contributed by atoms with Crippen LogP contribution >= 0.6 is 0 Å². The van der Waals surface area contributed by atoms with E-state index in [2.05, 4.69) is 0 Å². The molecule has 6 atom stereocenters. The lowest BCUT2D eigenvalue weighted by Gasteiger charge is -2.28. The van der Waals surface area contributed by atoms with Gasteiger partial charge in [-0.25, -0.2) is 0 Å². The number of phenols is 2. The maximum Gasteiger partial charge on any atom is 0.224 e. The zero-order chi connectivity index (χ0) is 30.5. The summed E-state index contributed by atoms with van der Waals surface area (Å²) in [5.74, 6) is -1.03. The zero-order valence-electron chi connectivity index (χ0n) is 24.5. The van der Waals surface area contributed by atoms with Crippen LogP contribution in [0.1, 0.15) is 63.0 Å². The van der Waals surface area contributed by atoms with Crippen LogP contribution in [-0.4, -0.2) is 72.5 Å². The smallest absolute Gasteiger partial charge is 0.224 e. The Balaban J connectivity index is 1.43. The number of unbranched alkanes of at least 4 members (excludes halogenated alkanes) is 1. The summed E-state index contributed by atoms with van der Waals surface area (Å²) in [5.41, 5.74) is 1.78. The number of nitrogens with zero attached hydrogens (tertiary/aromatic N) is 1. The summed E-state index contributed by atoms with van der Waals surface area (Å²) < 4.78 is 0. The fraction of sp³-hybridized carbons (Fsp3) is 0.500. The number of phenolic OH excluding ortho intramolecular Hbond substituents is 2. The van der Waals surface area contributed by atoms with Crippen LogP contribution in [0.4, 0.5) is 0 Å². The first kappa shape index (κ1) is 33.3. The molecule has 1 saturated carbocycles. The van der Waals surface area contributed by atoms with Gasteiger partial charge in [-0.2, -0.15) is 0 Å². The first-order valence-corrected chi connectivity index (χ1v) is 15.1. The minimum atomic E-state index is -1.03. The van der Waals surface area contributed by atoms with Crippen molar-refractivity contribution in [3.63, 3.8) is 0 Å². The standard InChI is InChI=1S/C34H47NO7/c1-2-20-35(34(42)22-25-15-19-29(37)32(40)21-25)33(41)13-9-4-3-8-12-27-28(31(39)23-30(27)38)18-17-26(36)16-14-24-10-6-5-7-11-24/h3,5-8,10-11,15,17-19,21,26-28,30-31,34,36-40,42H,2,4,9,12-14,16,20,22-23H2,1H3/t26-,27+,28+,30-,31+,34?/m0/s1. The highest BCUT2D eigenvalue weighted by Crippen LogP contribution is 2.36. The summed E-state index contributed by atoms with van der Waals surface area (Å²) in [5, 5.41) is 61.4. The monoisotopic (exact) mass is 581 g/mol. The van der Waals surface area contributed by atoms with E-state index in [4.69, 9.17) is 0 Å². The summed E-state index contributed by atoms with van der Waals surface area (Å²) in [6.45, 7) is 2.35. The van der Waals surface area contributed by atoms with Gasteiger partial charge in [0.05, 0.1) is 18.3 Å². The second-order valence-corrected chi connectivity index (χ2v) is 11.3. The number of carbonyl (C=O) groups excluding carboxylic acids is 1. The lowest BCUT2D eigenvalue weighted by molar-refractivity contribution is -0.141. The van der Waals surface area contributed by atoms with Crippen molar-refractivity contribution in [3.8, 4) is 11.5 Å². The van der Waals surface area contributed by atoms with Gasteiger partial charge in [-0.15, -0.1) is 0 Å². The molecule has 0 spiro atoms. The van der Waals surface area contributed by atoms with Gasteiger partial charge in [0.25, 0.3) is 0 Å². The first-order valence-electron chi connectivity index (χ1n) is 15.1. The number of allylic oxidation sites excluding steroid dienone is 2. The van der Waals surface area contributed by atoms with Crippen LogP contribution in [0, 0.1) is 11.8 Å². The molecule has 230 valence electrons. The predicted octanol–water partition coefficient (Wildman–Crippen LogP) is 4.22. The van der Waals surface area contributed by atoms with Gasteiger partial charge in [-0.05, 0) is 67.7 Å². The molecule has 0 heterocycles. The molecule has 0 saturated heterocycles. The van der Waals surface area contributed by atoms with Gasteiger partial charge >= 0.3 is 0 Å². The van der Waals surface area contributed by atoms with E-state index in [1.54, 1.807) is 12.1 Å². The highest BCUT2D eigenvalue weighted by Gasteiger charge is 2.39. The Morgan fingerprint density at radius 1 is 1.00 bits per heavy atom. The van der Waals surface area contributed by atoms with Gasteiger partial charge < -0.3 is 35.5 Å². The number of carbonyl (C=O) groups is 1. The van der Waals surface area contributed by atoms with E-state index in [-0.39, 0.29) is 42.1 Å². The van der Waals surface area contributed by atoms with E-state index in [1.165, 1.54) is 17.0 Å². The van der Waals surface area contributed by atoms with Crippen LogP contribution in [0.15, 0.2) is 72.8 Å². The number of aryl methyl sites for hydroxylation is 1. The number of aromatic hydroxyl groups is 2. The predicted molar refractivity (Wildman–Crippen MR) is 163 cm³/mol. The summed E-state index contributed by atoms with van der Waals surface area (Å²) in [7, 11) is 0. The number of benzene rings is 2. The van der Waals surface area contributed by atoms with Crippen molar-refractivity contribution in [3.05, 3.63) is 84.0 Å². The van der Waals surface area contributed by atoms with E-state index in [9.17, 15) is 35.4 Å². The third-order valence-electron chi connectivity index (χ3n) is 7.98. The second kappa shape index (κ2) is 17.1. The molecule has 8 heteroatoms. The third kappa shape index (κ3) is 10.3. The quantitative estimate of drug-likeness (QED) is 0.0754. The molecule has 0 aromatic heterocycles. The van der Waals surface area contributed by atoms with Crippen molar-refractivity contribution in [2.45, 2.75) is 89.3 Å². The van der Waals surface area contributed by atoms with Crippen LogP contribution in [0.5, 0.6) is 11.5 Å². The summed E-state index contributed by atoms with van der Waals surface area (Å²) in [6.07, 6.45) is 9.24. The molecular weight excluding hydrogens is 534 g/mol. The average molecular weight is 582 g/mol. The van der Waals surface area contributed by atoms with Crippen LogP contribution in [0.2, 0.25) is 0 Å². The molecule has 0 bridgehead atoms. The van der Waals surface area contributed by atoms with Crippen LogP contribution in [0.3, 0.4) is 0 Å². The zero-order valence-corrected chi connectivity index (χ0v) is 24.5. The first-order chi connectivity index (χ1) is 20.2. The lowest BCUT2D eigenvalue weighted by atomic mass is 9.89. The SMILES string of the molecule is CCCN(C(=O)CCCC=CC[C@@H]1[C@@H](C=C[C@@H](O)CCc2ccccc2)[C@H](O)C[C@@H]1O)C(O)Cc1ccc(O)c(O)c1. The number of aliphatic hydroxyl groups is 4. The Hall–Kier alpha value is -3.17. The van der Waals surface area contributed by atoms with Crippen molar-refractivity contribution in [2.24, 2.45) is 11.8 Å². The molecular formula is C34H47NO7. The molecule has 1 fully saturated rings. The van der Waals surface area contributed by atoms with E-state index < -0.39 is 24.5 Å². The van der Waals surface area contributed by atoms with E-state index >= 15 is 0 Å². The maximum absolute atomic E-state index is 12.9. The summed E-state index contributed by atoms with van der Waals surface area (Å²) >= 11 is 0. The van der Waals surface area contributed by atoms with Gasteiger partial charge in [0.2, 0.25) is 5.91 Å². The summed E-state index contributed by atoms with van der Waals surface area (Å²) in [6, 6.07) is 14.3. The highest BCUT2D eigenvalue weighted by atomic mass is 16.3. The number of hydrogen-bond acceptors (Lipinski definition) is 7. The Labute approximate surface area is 249 Å². The molecule has 0 aliphatic heterocycles. The van der Waals surface area contributed by atoms with Crippen LogP contribution < -0.4 is 0 Å². The number of amides is 1. The van der Waals surface area contributed by atoms with Gasteiger partial charge in [0, 0.05) is 31.7 Å². The van der Waals surface area contributed by atoms with E-state index in [0.29, 0.717) is 50.6 Å². The van der Waals surface area contributed by atoms with Gasteiger partial charge in [-0.3, -0.25) is 4.79 Å². The molecule has 42 heavy (non-hydrogen) atoms. The minimum absolute atomic E-state index is 0.147. The van der Waals surface area contributed by atoms with Gasteiger partial charge in [0.1, 0.15) is 6.23 Å². The molecule has 3 rings (SSSR count). The Bertz CT molecular complexity index is 1150. The number of aliphatic hydroxyl groups excluding tert-OH is 4. The molecule has 0 radical (unpaired) electrons. The number of hydrogen-bond donors (Lipinski definition) is 6. The minimum Gasteiger partial charge on any atom is -0.504 e. The topological polar surface area (TPSA) is 142 Å². The Morgan fingerprint density at radius 3 is 2.48 bits per heavy atom. The molecule has 6 N–H and O–H groups in total. The van der Waals surface area contributed by atoms with Gasteiger partial charge in [-0.1, -0.05) is 67.6 Å². The summed E-state index contributed by atoms with van der Waals surface area (Å²) in [4.78, 5) is 14.3. The highest BCUT2D eigenvalue weighted by molar-refractivity contribution is 5.76. The van der Waals surface area contributed by atoms with Crippen molar-refractivity contribution >= 4 is 5.91 Å². The van der Waals surface area contributed by atoms with Crippen molar-refractivity contribution in [2.75, 3.05) is 6.54 Å². The average Bonchev–Trinajstić information content (AvgIpc) is 3.24. The largest absolute Gasteiger partial charge is 0.504 e. The molecule has 2 aromatic carbocycles. The fourth-order valence-electron chi connectivity index (χ4n) is 5.60. The molecule has 1 aliphatic carbocycles. The van der Waals surface area contributed by atoms with Crippen molar-refractivity contribution < 1.29 is 35.4 Å². The second-order valence-electron chi connectivity index (χ2n) is 11.3. The Kier molecular flexibility index (Phi) is 13.5. The normalized spacial score (nSPS) is 22.1. The van der Waals surface area contributed by atoms with Gasteiger partial charge in [0.15, 0.2) is 11.5 Å². The molecule has 1 unspecified atom stereocenters. The van der Waals surface area contributed by atoms with Crippen LogP contribution in [-0.2, 0) is 17.6 Å². The third-order valence-corrected chi connectivity index (χ3v) is 7.98. The van der Waals surface area contributed by atoms with Crippen molar-refractivity contribution in [1.82, 2.24) is 4.90 Å². The number of rotatable bonds is 16. The van der Waals surface area contributed by atoms with Crippen molar-refractivity contribution in [1.29, 1.82) is 0 Å². The van der Waals surface area contributed by atoms with Crippen LogP contribution in [0.25, 0.3) is 0 Å². The molecule has 1 aliphatic rings.